The normalized spacial score (nSPS) is 11.9. The molecular formula is C29H56. The molecule has 0 aromatic heterocycles. The van der Waals surface area contributed by atoms with Crippen LogP contribution < -0.4 is 0 Å². The molecule has 0 heterocycles. The van der Waals surface area contributed by atoms with E-state index in [1.165, 1.54) is 148 Å². The lowest BCUT2D eigenvalue weighted by Gasteiger charge is -2.03. The highest BCUT2D eigenvalue weighted by atomic mass is 14.0. The van der Waals surface area contributed by atoms with Gasteiger partial charge in [-0.25, -0.2) is 0 Å². The van der Waals surface area contributed by atoms with Gasteiger partial charge in [-0.2, -0.15) is 0 Å². The van der Waals surface area contributed by atoms with Crippen molar-refractivity contribution in [3.8, 4) is 0 Å². The summed E-state index contributed by atoms with van der Waals surface area (Å²) >= 11 is 0. The van der Waals surface area contributed by atoms with Gasteiger partial charge in [0.05, 0.1) is 0 Å². The molecule has 0 radical (unpaired) electrons. The Labute approximate surface area is 186 Å². The number of allylic oxidation sites excluding steroid dienone is 4. The molecule has 0 aliphatic heterocycles. The molecule has 0 amide bonds. The first kappa shape index (κ1) is 28.5. The molecule has 0 spiro atoms. The maximum atomic E-state index is 2.44. The van der Waals surface area contributed by atoms with Crippen molar-refractivity contribution in [2.75, 3.05) is 0 Å². The summed E-state index contributed by atoms with van der Waals surface area (Å²) in [5.41, 5.74) is 0. The van der Waals surface area contributed by atoms with Crippen LogP contribution in [0.5, 0.6) is 0 Å². The third-order valence-electron chi connectivity index (χ3n) is 6.03. The predicted molar refractivity (Wildman–Crippen MR) is 136 cm³/mol. The van der Waals surface area contributed by atoms with E-state index in [0.717, 1.165) is 0 Å². The highest BCUT2D eigenvalue weighted by molar-refractivity contribution is 4.81. The molecule has 0 aromatic rings. The number of hydrogen-bond acceptors (Lipinski definition) is 0. The summed E-state index contributed by atoms with van der Waals surface area (Å²) in [6.45, 7) is 4.51. The highest BCUT2D eigenvalue weighted by Gasteiger charge is 1.94. The van der Waals surface area contributed by atoms with E-state index in [1.807, 2.05) is 0 Å². The first-order valence-corrected chi connectivity index (χ1v) is 13.7. The summed E-state index contributed by atoms with van der Waals surface area (Å²) in [4.78, 5) is 0. The molecule has 0 aliphatic carbocycles. The van der Waals surface area contributed by atoms with Crippen molar-refractivity contribution in [3.63, 3.8) is 0 Å². The Bertz CT molecular complexity index is 325. The summed E-state index contributed by atoms with van der Waals surface area (Å²) in [6.07, 6.45) is 42.0. The van der Waals surface area contributed by atoms with Crippen molar-refractivity contribution in [1.82, 2.24) is 0 Å². The molecule has 0 saturated carbocycles. The van der Waals surface area contributed by atoms with Gasteiger partial charge in [0.25, 0.3) is 0 Å². The Morgan fingerprint density at radius 2 is 0.586 bits per heavy atom. The average molecular weight is 405 g/mol. The fraction of sp³-hybridized carbons (Fsp3) is 0.862. The minimum atomic E-state index is 1.19. The van der Waals surface area contributed by atoms with Crippen LogP contribution >= 0.6 is 0 Å². The van der Waals surface area contributed by atoms with Gasteiger partial charge < -0.3 is 0 Å². The van der Waals surface area contributed by atoms with Crippen LogP contribution in [0.4, 0.5) is 0 Å². The van der Waals surface area contributed by atoms with Gasteiger partial charge in [-0.3, -0.25) is 0 Å². The lowest BCUT2D eigenvalue weighted by molar-refractivity contribution is 0.538. The first-order valence-electron chi connectivity index (χ1n) is 13.7. The van der Waals surface area contributed by atoms with Crippen LogP contribution in [0.2, 0.25) is 0 Å². The van der Waals surface area contributed by atoms with Gasteiger partial charge in [-0.1, -0.05) is 141 Å². The van der Waals surface area contributed by atoms with E-state index in [2.05, 4.69) is 38.2 Å². The Balaban J connectivity index is 3.06. The van der Waals surface area contributed by atoms with E-state index < -0.39 is 0 Å². The second kappa shape index (κ2) is 27.5. The first-order chi connectivity index (χ1) is 14.4. The van der Waals surface area contributed by atoms with E-state index in [0.29, 0.717) is 0 Å². The van der Waals surface area contributed by atoms with Gasteiger partial charge in [0.15, 0.2) is 0 Å². The smallest absolute Gasteiger partial charge is 0.0351 e. The molecule has 29 heavy (non-hydrogen) atoms. The van der Waals surface area contributed by atoms with Crippen molar-refractivity contribution in [2.45, 2.75) is 162 Å². The molecule has 0 fully saturated rings. The zero-order valence-electron chi connectivity index (χ0n) is 20.6. The Morgan fingerprint density at radius 1 is 0.310 bits per heavy atom. The zero-order chi connectivity index (χ0) is 21.1. The maximum Gasteiger partial charge on any atom is -0.0351 e. The monoisotopic (exact) mass is 404 g/mol. The highest BCUT2D eigenvalue weighted by Crippen LogP contribution is 2.14. The molecule has 0 aliphatic rings. The summed E-state index contributed by atoms with van der Waals surface area (Å²) in [5, 5.41) is 0. The summed E-state index contributed by atoms with van der Waals surface area (Å²) in [6, 6.07) is 0. The van der Waals surface area contributed by atoms with Crippen molar-refractivity contribution < 1.29 is 0 Å². The van der Waals surface area contributed by atoms with Gasteiger partial charge >= 0.3 is 0 Å². The Hall–Kier alpha value is -0.520. The van der Waals surface area contributed by atoms with E-state index in [9.17, 15) is 0 Å². The van der Waals surface area contributed by atoms with Gasteiger partial charge in [0.1, 0.15) is 0 Å². The maximum absolute atomic E-state index is 2.44. The van der Waals surface area contributed by atoms with Gasteiger partial charge in [-0.15, -0.1) is 0 Å². The van der Waals surface area contributed by atoms with Crippen LogP contribution in [0.1, 0.15) is 162 Å². The minimum absolute atomic E-state index is 1.19. The van der Waals surface area contributed by atoms with Crippen molar-refractivity contribution in [2.24, 2.45) is 0 Å². The van der Waals surface area contributed by atoms with Crippen molar-refractivity contribution in [3.05, 3.63) is 24.3 Å². The Morgan fingerprint density at radius 3 is 0.897 bits per heavy atom. The second-order valence-electron chi connectivity index (χ2n) is 9.08. The SMILES string of the molecule is CC/C=C\CCCCCCCCCCCCCCC/C=C\CCCCCCCC. The topological polar surface area (TPSA) is 0 Å². The van der Waals surface area contributed by atoms with Crippen LogP contribution in [0.15, 0.2) is 24.3 Å². The summed E-state index contributed by atoms with van der Waals surface area (Å²) in [5.74, 6) is 0. The molecule has 0 aromatic carbocycles. The van der Waals surface area contributed by atoms with Crippen LogP contribution in [0, 0.1) is 0 Å². The molecule has 0 unspecified atom stereocenters. The molecule has 0 nitrogen and oxygen atoms in total. The van der Waals surface area contributed by atoms with Crippen molar-refractivity contribution in [1.29, 1.82) is 0 Å². The van der Waals surface area contributed by atoms with E-state index in [1.54, 1.807) is 0 Å². The van der Waals surface area contributed by atoms with Gasteiger partial charge in [0.2, 0.25) is 0 Å². The number of unbranched alkanes of at least 4 members (excludes halogenated alkanes) is 20. The molecule has 0 bridgehead atoms. The molecule has 0 saturated heterocycles. The minimum Gasteiger partial charge on any atom is -0.0888 e. The number of hydrogen-bond donors (Lipinski definition) is 0. The van der Waals surface area contributed by atoms with Crippen LogP contribution in [0.25, 0.3) is 0 Å². The molecule has 0 N–H and O–H groups in total. The molecule has 0 rings (SSSR count). The molecule has 0 heteroatoms. The van der Waals surface area contributed by atoms with Crippen LogP contribution in [0.3, 0.4) is 0 Å². The second-order valence-corrected chi connectivity index (χ2v) is 9.08. The third kappa shape index (κ3) is 27.5. The largest absolute Gasteiger partial charge is 0.0888 e. The zero-order valence-corrected chi connectivity index (χ0v) is 20.6. The molecule has 172 valence electrons. The standard InChI is InChI=1S/C29H56/c1-3-5-7-9-11-13-15-17-19-21-23-25-27-29-28-26-24-22-20-18-16-14-12-10-8-6-4-2/h5,7,18,20H,3-4,6,8-17,19,21-29H2,1-2H3/b7-5-,20-18-. The Kier molecular flexibility index (Phi) is 27.0. The predicted octanol–water partition coefficient (Wildman–Crippen LogP) is 11.1. The summed E-state index contributed by atoms with van der Waals surface area (Å²) < 4.78 is 0. The van der Waals surface area contributed by atoms with Crippen LogP contribution in [-0.4, -0.2) is 0 Å². The van der Waals surface area contributed by atoms with E-state index in [-0.39, 0.29) is 0 Å². The lowest BCUT2D eigenvalue weighted by atomic mass is 10.0. The van der Waals surface area contributed by atoms with E-state index in [4.69, 9.17) is 0 Å². The van der Waals surface area contributed by atoms with Gasteiger partial charge in [0, 0.05) is 0 Å². The van der Waals surface area contributed by atoms with E-state index >= 15 is 0 Å². The molecular weight excluding hydrogens is 348 g/mol. The lowest BCUT2D eigenvalue weighted by Crippen LogP contribution is -1.83. The van der Waals surface area contributed by atoms with Crippen molar-refractivity contribution >= 4 is 0 Å². The summed E-state index contributed by atoms with van der Waals surface area (Å²) in [7, 11) is 0. The fourth-order valence-electron chi connectivity index (χ4n) is 4.03. The average Bonchev–Trinajstić information content (AvgIpc) is 2.74. The van der Waals surface area contributed by atoms with Crippen LogP contribution in [-0.2, 0) is 0 Å². The molecule has 0 atom stereocenters. The number of rotatable bonds is 24. The third-order valence-corrected chi connectivity index (χ3v) is 6.03. The quantitative estimate of drug-likeness (QED) is 0.111. The van der Waals surface area contributed by atoms with Gasteiger partial charge in [-0.05, 0) is 44.9 Å². The fourth-order valence-corrected chi connectivity index (χ4v) is 4.03.